The average molecular weight is 327 g/mol. The zero-order valence-corrected chi connectivity index (χ0v) is 12.1. The number of hydrogen-bond donors (Lipinski definition) is 1. The fraction of sp³-hybridized carbons (Fsp3) is 0.385. The number of ether oxygens (including phenoxy) is 1. The van der Waals surface area contributed by atoms with E-state index in [1.165, 1.54) is 4.90 Å². The summed E-state index contributed by atoms with van der Waals surface area (Å²) in [5, 5.41) is 0. The highest BCUT2D eigenvalue weighted by Gasteiger charge is 2.31. The Morgan fingerprint density at radius 1 is 1.47 bits per heavy atom. The van der Waals surface area contributed by atoms with Gasteiger partial charge in [-0.05, 0) is 30.7 Å². The van der Waals surface area contributed by atoms with Crippen LogP contribution in [0.1, 0.15) is 15.9 Å². The van der Waals surface area contributed by atoms with Crippen LogP contribution < -0.4 is 5.73 Å². The fourth-order valence-electron chi connectivity index (χ4n) is 2.03. The highest BCUT2D eigenvalue weighted by atomic mass is 79.9. The van der Waals surface area contributed by atoms with Gasteiger partial charge in [0.25, 0.3) is 5.91 Å². The lowest BCUT2D eigenvalue weighted by molar-refractivity contribution is -0.127. The summed E-state index contributed by atoms with van der Waals surface area (Å²) in [5.74, 6) is -0.732. The van der Waals surface area contributed by atoms with Gasteiger partial charge in [0, 0.05) is 16.6 Å². The van der Waals surface area contributed by atoms with Gasteiger partial charge in [0.1, 0.15) is 6.04 Å². The molecule has 2 amide bonds. The van der Waals surface area contributed by atoms with Gasteiger partial charge in [-0.15, -0.1) is 0 Å². The molecule has 5 nitrogen and oxygen atoms in total. The summed E-state index contributed by atoms with van der Waals surface area (Å²) in [6, 6.07) is 4.65. The minimum atomic E-state index is -0.690. The highest BCUT2D eigenvalue weighted by molar-refractivity contribution is 9.10. The zero-order valence-electron chi connectivity index (χ0n) is 10.6. The zero-order chi connectivity index (χ0) is 14.0. The van der Waals surface area contributed by atoms with E-state index in [1.807, 2.05) is 13.0 Å². The Bertz CT molecular complexity index is 519. The molecule has 0 aromatic heterocycles. The van der Waals surface area contributed by atoms with E-state index in [1.54, 1.807) is 12.1 Å². The summed E-state index contributed by atoms with van der Waals surface area (Å²) in [4.78, 5) is 25.3. The van der Waals surface area contributed by atoms with Gasteiger partial charge in [0.2, 0.25) is 5.91 Å². The van der Waals surface area contributed by atoms with Gasteiger partial charge in [-0.1, -0.05) is 15.9 Å². The number of benzene rings is 1. The van der Waals surface area contributed by atoms with Crippen molar-refractivity contribution in [3.63, 3.8) is 0 Å². The molecule has 1 heterocycles. The number of carbonyl (C=O) groups excluding carboxylic acids is 2. The lowest BCUT2D eigenvalue weighted by atomic mass is 10.1. The molecule has 2 rings (SSSR count). The third kappa shape index (κ3) is 2.96. The van der Waals surface area contributed by atoms with E-state index in [-0.39, 0.29) is 12.5 Å². The van der Waals surface area contributed by atoms with Crippen molar-refractivity contribution >= 4 is 27.7 Å². The lowest BCUT2D eigenvalue weighted by Gasteiger charge is -2.33. The Morgan fingerprint density at radius 3 is 2.84 bits per heavy atom. The Kier molecular flexibility index (Phi) is 4.21. The molecule has 1 aromatic rings. The van der Waals surface area contributed by atoms with Gasteiger partial charge in [-0.2, -0.15) is 0 Å². The molecule has 1 unspecified atom stereocenters. The molecule has 1 fully saturated rings. The molecule has 0 spiro atoms. The molecule has 1 atom stereocenters. The van der Waals surface area contributed by atoms with Gasteiger partial charge in [-0.25, -0.2) is 0 Å². The Labute approximate surface area is 119 Å². The number of rotatable bonds is 2. The first kappa shape index (κ1) is 14.0. The normalized spacial score (nSPS) is 19.3. The maximum Gasteiger partial charge on any atom is 0.254 e. The topological polar surface area (TPSA) is 72.6 Å². The van der Waals surface area contributed by atoms with Crippen LogP contribution in [0.5, 0.6) is 0 Å². The first-order valence-corrected chi connectivity index (χ1v) is 6.74. The van der Waals surface area contributed by atoms with Gasteiger partial charge < -0.3 is 15.4 Å². The average Bonchev–Trinajstić information content (AvgIpc) is 2.41. The van der Waals surface area contributed by atoms with Crippen LogP contribution in [0.25, 0.3) is 0 Å². The lowest BCUT2D eigenvalue weighted by Crippen LogP contribution is -2.54. The predicted octanol–water partition coefficient (Wildman–Crippen LogP) is 1.08. The quantitative estimate of drug-likeness (QED) is 0.884. The van der Waals surface area contributed by atoms with Crippen LogP contribution in [0.15, 0.2) is 22.7 Å². The van der Waals surface area contributed by atoms with E-state index in [4.69, 9.17) is 10.5 Å². The number of nitrogens with two attached hydrogens (primary N) is 1. The number of amides is 2. The van der Waals surface area contributed by atoms with Crippen molar-refractivity contribution in [2.45, 2.75) is 13.0 Å². The molecule has 1 aliphatic heterocycles. The molecule has 1 aromatic carbocycles. The number of nitrogens with zero attached hydrogens (tertiary/aromatic N) is 1. The number of carbonyl (C=O) groups is 2. The smallest absolute Gasteiger partial charge is 0.254 e. The SMILES string of the molecule is Cc1cc(C(=O)N2CCOCC2C(N)=O)ccc1Br. The number of primary amides is 1. The summed E-state index contributed by atoms with van der Waals surface area (Å²) in [6.45, 7) is 2.87. The monoisotopic (exact) mass is 326 g/mol. The van der Waals surface area contributed by atoms with E-state index < -0.39 is 11.9 Å². The van der Waals surface area contributed by atoms with Crippen LogP contribution in [-0.2, 0) is 9.53 Å². The summed E-state index contributed by atoms with van der Waals surface area (Å²) < 4.78 is 6.14. The van der Waals surface area contributed by atoms with Crippen LogP contribution in [0.2, 0.25) is 0 Å². The van der Waals surface area contributed by atoms with E-state index in [0.29, 0.717) is 18.7 Å². The molecule has 0 aliphatic carbocycles. The largest absolute Gasteiger partial charge is 0.377 e. The van der Waals surface area contributed by atoms with Crippen LogP contribution in [-0.4, -0.2) is 42.5 Å². The second kappa shape index (κ2) is 5.71. The minimum Gasteiger partial charge on any atom is -0.377 e. The number of morpholine rings is 1. The van der Waals surface area contributed by atoms with Crippen molar-refractivity contribution in [1.82, 2.24) is 4.90 Å². The van der Waals surface area contributed by atoms with Crippen LogP contribution in [0.3, 0.4) is 0 Å². The number of halogens is 1. The molecule has 6 heteroatoms. The molecule has 0 saturated carbocycles. The van der Waals surface area contributed by atoms with Crippen molar-refractivity contribution in [3.05, 3.63) is 33.8 Å². The van der Waals surface area contributed by atoms with E-state index in [2.05, 4.69) is 15.9 Å². The second-order valence-corrected chi connectivity index (χ2v) is 5.31. The summed E-state index contributed by atoms with van der Waals surface area (Å²) in [5.41, 5.74) is 6.82. The Balaban J connectivity index is 2.26. The molecule has 1 saturated heterocycles. The van der Waals surface area contributed by atoms with E-state index in [9.17, 15) is 9.59 Å². The van der Waals surface area contributed by atoms with Crippen molar-refractivity contribution in [2.75, 3.05) is 19.8 Å². The predicted molar refractivity (Wildman–Crippen MR) is 73.7 cm³/mol. The molecule has 1 aliphatic rings. The van der Waals surface area contributed by atoms with Crippen LogP contribution >= 0.6 is 15.9 Å². The van der Waals surface area contributed by atoms with Gasteiger partial charge in [0.15, 0.2) is 0 Å². The molecule has 19 heavy (non-hydrogen) atoms. The van der Waals surface area contributed by atoms with Crippen molar-refractivity contribution in [1.29, 1.82) is 0 Å². The molecule has 0 radical (unpaired) electrons. The van der Waals surface area contributed by atoms with Crippen LogP contribution in [0, 0.1) is 6.92 Å². The highest BCUT2D eigenvalue weighted by Crippen LogP contribution is 2.19. The maximum atomic E-state index is 12.4. The molecule has 2 N–H and O–H groups in total. The molecule has 102 valence electrons. The third-order valence-electron chi connectivity index (χ3n) is 3.12. The van der Waals surface area contributed by atoms with Crippen LogP contribution in [0.4, 0.5) is 0 Å². The molecule has 0 bridgehead atoms. The van der Waals surface area contributed by atoms with E-state index in [0.717, 1.165) is 10.0 Å². The second-order valence-electron chi connectivity index (χ2n) is 4.46. The summed E-state index contributed by atoms with van der Waals surface area (Å²) in [7, 11) is 0. The maximum absolute atomic E-state index is 12.4. The molecular formula is C13H15BrN2O3. The van der Waals surface area contributed by atoms with Gasteiger partial charge in [0.05, 0.1) is 13.2 Å². The Morgan fingerprint density at radius 2 is 2.21 bits per heavy atom. The number of hydrogen-bond acceptors (Lipinski definition) is 3. The van der Waals surface area contributed by atoms with E-state index >= 15 is 0 Å². The van der Waals surface area contributed by atoms with Crippen molar-refractivity contribution in [2.24, 2.45) is 5.73 Å². The standard InChI is InChI=1S/C13H15BrN2O3/c1-8-6-9(2-3-10(8)14)13(18)16-4-5-19-7-11(16)12(15)17/h2-3,6,11H,4-5,7H2,1H3,(H2,15,17). The van der Waals surface area contributed by atoms with Crippen molar-refractivity contribution < 1.29 is 14.3 Å². The minimum absolute atomic E-state index is 0.163. The molecular weight excluding hydrogens is 312 g/mol. The third-order valence-corrected chi connectivity index (χ3v) is 4.01. The van der Waals surface area contributed by atoms with Gasteiger partial charge >= 0.3 is 0 Å². The van der Waals surface area contributed by atoms with Gasteiger partial charge in [-0.3, -0.25) is 9.59 Å². The Hall–Kier alpha value is -1.40. The summed E-state index contributed by atoms with van der Waals surface area (Å²) in [6.07, 6.45) is 0. The first-order chi connectivity index (χ1) is 9.00. The number of aryl methyl sites for hydroxylation is 1. The fourth-order valence-corrected chi connectivity index (χ4v) is 2.27. The van der Waals surface area contributed by atoms with Crippen molar-refractivity contribution in [3.8, 4) is 0 Å². The first-order valence-electron chi connectivity index (χ1n) is 5.95. The summed E-state index contributed by atoms with van der Waals surface area (Å²) >= 11 is 3.39.